The van der Waals surface area contributed by atoms with Crippen LogP contribution in [0.3, 0.4) is 0 Å². The Balaban J connectivity index is 0.000000354. The van der Waals surface area contributed by atoms with Gasteiger partial charge in [0.15, 0.2) is 0 Å². The van der Waals surface area contributed by atoms with Crippen molar-refractivity contribution in [2.45, 2.75) is 53.9 Å². The third kappa shape index (κ3) is 10.2. The first-order chi connectivity index (χ1) is 16.9. The van der Waals surface area contributed by atoms with Crippen LogP contribution in [0.1, 0.15) is 54.2 Å². The van der Waals surface area contributed by atoms with Gasteiger partial charge in [-0.1, -0.05) is 38.5 Å². The minimum atomic E-state index is 0. The molecular weight excluding hydrogens is 571 g/mol. The molecule has 194 valence electrons. The molecule has 1 unspecified atom stereocenters. The first-order valence-corrected chi connectivity index (χ1v) is 14.1. The first kappa shape index (κ1) is 33.4. The smallest absolute Gasteiger partial charge is 0.172 e. The predicted molar refractivity (Wildman–Crippen MR) is 149 cm³/mol. The Bertz CT molecular complexity index is 1180. The molecule has 1 atom stereocenters. The van der Waals surface area contributed by atoms with Crippen molar-refractivity contribution in [1.82, 2.24) is 0 Å². The van der Waals surface area contributed by atoms with Crippen molar-refractivity contribution in [3.8, 4) is 11.1 Å². The predicted octanol–water partition coefficient (Wildman–Crippen LogP) is 2.50. The summed E-state index contributed by atoms with van der Waals surface area (Å²) in [4.78, 5) is 0. The van der Waals surface area contributed by atoms with Gasteiger partial charge in [-0.2, -0.15) is 42.0 Å². The summed E-state index contributed by atoms with van der Waals surface area (Å²) in [5.41, 5.74) is 11.3. The molecule has 0 radical (unpaired) electrons. The van der Waals surface area contributed by atoms with Crippen LogP contribution >= 0.6 is 0 Å². The van der Waals surface area contributed by atoms with Gasteiger partial charge in [0.05, 0.1) is 0 Å². The van der Waals surface area contributed by atoms with Crippen LogP contribution in [0.4, 0.5) is 0 Å². The second-order valence-electron chi connectivity index (χ2n) is 9.93. The molecule has 0 amide bonds. The zero-order valence-corrected chi connectivity index (χ0v) is 26.7. The molecule has 0 spiro atoms. The summed E-state index contributed by atoms with van der Waals surface area (Å²) in [6.45, 7) is 11.4. The molecular formula is C34H38Cl2Zr-2. The maximum atomic E-state index is 3.70. The van der Waals surface area contributed by atoms with Gasteiger partial charge >= 0.3 is 70.3 Å². The van der Waals surface area contributed by atoms with E-state index in [1.165, 1.54) is 68.7 Å². The summed E-state index contributed by atoms with van der Waals surface area (Å²) < 4.78 is 2.25. The zero-order chi connectivity index (χ0) is 25.2. The van der Waals surface area contributed by atoms with E-state index >= 15 is 0 Å². The second kappa shape index (κ2) is 17.0. The molecule has 0 saturated heterocycles. The van der Waals surface area contributed by atoms with Gasteiger partial charge in [0.25, 0.3) is 0 Å². The molecule has 0 bridgehead atoms. The van der Waals surface area contributed by atoms with Gasteiger partial charge in [0.1, 0.15) is 0 Å². The minimum absolute atomic E-state index is 0. The number of aryl methyl sites for hydroxylation is 2. The van der Waals surface area contributed by atoms with Gasteiger partial charge in [-0.15, -0.1) is 11.1 Å². The summed E-state index contributed by atoms with van der Waals surface area (Å²) in [5.74, 6) is 1.45. The average Bonchev–Trinajstić information content (AvgIpc) is 3.53. The van der Waals surface area contributed by atoms with Crippen LogP contribution in [0.5, 0.6) is 0 Å². The molecule has 5 rings (SSSR count). The van der Waals surface area contributed by atoms with E-state index in [-0.39, 0.29) is 24.8 Å². The summed E-state index contributed by atoms with van der Waals surface area (Å²) in [5, 5.41) is 0. The molecule has 0 nitrogen and oxygen atoms in total. The molecule has 0 N–H and O–H groups in total. The Hall–Kier alpha value is -1.66. The van der Waals surface area contributed by atoms with Crippen LogP contribution in [0.2, 0.25) is 0 Å². The molecule has 37 heavy (non-hydrogen) atoms. The minimum Gasteiger partial charge on any atom is -0.214 e. The first-order valence-electron chi connectivity index (χ1n) is 12.7. The van der Waals surface area contributed by atoms with E-state index in [1.54, 1.807) is 0 Å². The van der Waals surface area contributed by atoms with Crippen LogP contribution < -0.4 is 24.8 Å². The van der Waals surface area contributed by atoms with E-state index in [1.807, 2.05) is 36.4 Å². The largest absolute Gasteiger partial charge is 0.214 e. The topological polar surface area (TPSA) is 0 Å². The van der Waals surface area contributed by atoms with Crippen LogP contribution in [-0.2, 0) is 43.5 Å². The standard InChI is InChI=1S/C21H25.C8H8.C5H5.2ClH.Zr/c1-13(2)14(3)8-17-6-7-20-19(11-17)12-18-9-15(4)16(5)10-21(18)20;1-2-8-6-4-3-5-7-8;1-2-4-5-3-1;;;/h6-7,9-10,13-14H,8,12H2,1-5H3;1,3-7H,2H2;1-5H;2*1H;/q-1;;-1;;;+2/p-2. The Morgan fingerprint density at radius 3 is 2.08 bits per heavy atom. The zero-order valence-electron chi connectivity index (χ0n) is 22.7. The van der Waals surface area contributed by atoms with E-state index < -0.39 is 0 Å². The maximum Gasteiger partial charge on any atom is -0.172 e. The van der Waals surface area contributed by atoms with Gasteiger partial charge in [-0.3, -0.25) is 0 Å². The van der Waals surface area contributed by atoms with Crippen LogP contribution in [-0.4, -0.2) is 3.71 Å². The van der Waals surface area contributed by atoms with E-state index in [2.05, 4.69) is 92.9 Å². The summed E-state index contributed by atoms with van der Waals surface area (Å²) in [7, 11) is 0. The van der Waals surface area contributed by atoms with E-state index in [0.29, 0.717) is 5.92 Å². The van der Waals surface area contributed by atoms with Gasteiger partial charge in [-0.05, 0) is 55.2 Å². The number of hydrogen-bond donors (Lipinski definition) is 0. The van der Waals surface area contributed by atoms with Gasteiger partial charge in [0.2, 0.25) is 0 Å². The van der Waals surface area contributed by atoms with Crippen molar-refractivity contribution in [3.05, 3.63) is 124 Å². The fourth-order valence-electron chi connectivity index (χ4n) is 4.20. The van der Waals surface area contributed by atoms with Crippen molar-refractivity contribution >= 4 is 3.71 Å². The number of halogens is 2. The average molecular weight is 609 g/mol. The van der Waals surface area contributed by atoms with Crippen molar-refractivity contribution in [3.63, 3.8) is 0 Å². The van der Waals surface area contributed by atoms with Crippen LogP contribution in [0.25, 0.3) is 11.1 Å². The van der Waals surface area contributed by atoms with Crippen molar-refractivity contribution in [1.29, 1.82) is 0 Å². The molecule has 0 saturated carbocycles. The molecule has 0 aliphatic heterocycles. The summed E-state index contributed by atoms with van der Waals surface area (Å²) in [6, 6.07) is 33.5. The van der Waals surface area contributed by atoms with Gasteiger partial charge in [0, 0.05) is 0 Å². The maximum absolute atomic E-state index is 3.70. The second-order valence-corrected chi connectivity index (χ2v) is 10.9. The molecule has 0 heterocycles. The van der Waals surface area contributed by atoms with Crippen molar-refractivity contribution in [2.75, 3.05) is 0 Å². The third-order valence-corrected chi connectivity index (χ3v) is 7.38. The third-order valence-electron chi connectivity index (χ3n) is 6.88. The Morgan fingerprint density at radius 1 is 0.865 bits per heavy atom. The molecule has 1 aliphatic carbocycles. The summed E-state index contributed by atoms with van der Waals surface area (Å²) >= 11 is 1.51. The fraction of sp³-hybridized carbons (Fsp3) is 0.294. The van der Waals surface area contributed by atoms with Crippen LogP contribution in [0.15, 0.2) is 84.9 Å². The number of hydrogen-bond acceptors (Lipinski definition) is 0. The Morgan fingerprint density at radius 2 is 1.51 bits per heavy atom. The van der Waals surface area contributed by atoms with E-state index in [9.17, 15) is 0 Å². The Labute approximate surface area is 252 Å². The van der Waals surface area contributed by atoms with Crippen LogP contribution in [0, 0.1) is 31.7 Å². The Kier molecular flexibility index (Phi) is 15.4. The number of rotatable bonds is 5. The molecule has 0 aromatic heterocycles. The van der Waals surface area contributed by atoms with E-state index in [0.717, 1.165) is 25.2 Å². The molecule has 3 heteroatoms. The van der Waals surface area contributed by atoms with Crippen molar-refractivity contribution in [2.24, 2.45) is 11.8 Å². The van der Waals surface area contributed by atoms with Gasteiger partial charge < -0.3 is 24.8 Å². The van der Waals surface area contributed by atoms with Gasteiger partial charge in [-0.25, -0.2) is 12.1 Å². The normalized spacial score (nSPS) is 11.4. The molecule has 4 aromatic carbocycles. The molecule has 4 aromatic rings. The molecule has 1 aliphatic rings. The number of benzene rings is 3. The summed E-state index contributed by atoms with van der Waals surface area (Å²) in [6.07, 6.45) is 3.31. The molecule has 0 fully saturated rings. The van der Waals surface area contributed by atoms with Crippen molar-refractivity contribution < 1.29 is 49.0 Å². The SMILES string of the molecule is Cc1cc2c(cc1C)-c1ccc(CC(C)C(C)C)[c-]c1C2.[Cl-].[Cl-].[Zr+2]=[CH]Cc1ccccc1.c1cc[cH-]c1. The quantitative estimate of drug-likeness (QED) is 0.269. The number of fused-ring (bicyclic) bond motifs is 3. The fourth-order valence-corrected chi connectivity index (χ4v) is 4.78. The monoisotopic (exact) mass is 606 g/mol. The van der Waals surface area contributed by atoms with E-state index in [4.69, 9.17) is 0 Å².